The van der Waals surface area contributed by atoms with Crippen molar-refractivity contribution in [1.29, 1.82) is 0 Å². The molecule has 0 atom stereocenters. The molecular formula is C18H20N2O14S3. The molecule has 19 heteroatoms. The molecule has 16 nitrogen and oxygen atoms in total. The molecule has 2 heterocycles. The Hall–Kier alpha value is -3.53. The van der Waals surface area contributed by atoms with Gasteiger partial charge in [-0.05, 0) is 24.3 Å². The third-order valence-electron chi connectivity index (χ3n) is 3.22. The van der Waals surface area contributed by atoms with Crippen LogP contribution in [0.15, 0.2) is 73.1 Å². The molecule has 0 radical (unpaired) electrons. The van der Waals surface area contributed by atoms with Gasteiger partial charge in [0.25, 0.3) is 0 Å². The largest absolute Gasteiger partial charge is 0.506 e. The number of phenolic OH excluding ortho intramolecular Hbond substituents is 2. The molecule has 0 amide bonds. The van der Waals surface area contributed by atoms with Crippen molar-refractivity contribution in [2.24, 2.45) is 0 Å². The van der Waals surface area contributed by atoms with Crippen molar-refractivity contribution in [1.82, 2.24) is 9.97 Å². The topological polar surface area (TPSA) is 290 Å². The average Bonchev–Trinajstić information content (AvgIpc) is 2.72. The van der Waals surface area contributed by atoms with Gasteiger partial charge in [-0.2, -0.15) is 25.3 Å². The Balaban J connectivity index is 0.000000467. The summed E-state index contributed by atoms with van der Waals surface area (Å²) in [6.07, 6.45) is 3.34. The fourth-order valence-electron chi connectivity index (χ4n) is 2.18. The number of fused-ring (bicyclic) bond motifs is 2. The smallest absolute Gasteiger partial charge is 0.394 e. The van der Waals surface area contributed by atoms with Gasteiger partial charge >= 0.3 is 31.2 Å². The van der Waals surface area contributed by atoms with E-state index in [4.69, 9.17) is 52.6 Å². The molecule has 0 aliphatic carbocycles. The maximum atomic E-state index is 9.31. The molecule has 0 spiro atoms. The quantitative estimate of drug-likeness (QED) is 0.137. The van der Waals surface area contributed by atoms with E-state index in [1.54, 1.807) is 36.7 Å². The number of aromatic nitrogens is 2. The van der Waals surface area contributed by atoms with Crippen molar-refractivity contribution in [3.63, 3.8) is 0 Å². The molecule has 0 aliphatic rings. The molecule has 4 rings (SSSR count). The Labute approximate surface area is 210 Å². The van der Waals surface area contributed by atoms with Gasteiger partial charge < -0.3 is 10.2 Å². The number of pyridine rings is 2. The second-order valence-electron chi connectivity index (χ2n) is 6.05. The van der Waals surface area contributed by atoms with Crippen LogP contribution in [-0.4, -0.2) is 72.8 Å². The number of benzene rings is 2. The van der Waals surface area contributed by atoms with Gasteiger partial charge in [0, 0.05) is 23.2 Å². The van der Waals surface area contributed by atoms with E-state index >= 15 is 0 Å². The summed E-state index contributed by atoms with van der Waals surface area (Å²) in [4.78, 5) is 8.06. The summed E-state index contributed by atoms with van der Waals surface area (Å²) in [5.41, 5.74) is 1.32. The normalized spacial score (nSPS) is 10.8. The highest BCUT2D eigenvalue weighted by Crippen LogP contribution is 2.21. The zero-order valence-electron chi connectivity index (χ0n) is 18.1. The molecule has 2 aromatic heterocycles. The molecule has 0 bridgehead atoms. The fraction of sp³-hybridized carbons (Fsp3) is 0. The number of aromatic hydroxyl groups is 2. The summed E-state index contributed by atoms with van der Waals surface area (Å²) in [7, 11) is -14.0. The van der Waals surface area contributed by atoms with Crippen molar-refractivity contribution < 1.29 is 62.8 Å². The first-order valence-electron chi connectivity index (χ1n) is 8.90. The lowest BCUT2D eigenvalue weighted by Crippen LogP contribution is -1.89. The summed E-state index contributed by atoms with van der Waals surface area (Å²) >= 11 is 0. The molecule has 37 heavy (non-hydrogen) atoms. The van der Waals surface area contributed by atoms with Gasteiger partial charge in [0.15, 0.2) is 0 Å². The summed E-state index contributed by atoms with van der Waals surface area (Å²) in [5, 5.41) is 20.5. The first kappa shape index (κ1) is 33.5. The zero-order valence-corrected chi connectivity index (χ0v) is 20.5. The summed E-state index contributed by atoms with van der Waals surface area (Å²) < 4.78 is 94.8. The lowest BCUT2D eigenvalue weighted by Gasteiger charge is -1.96. The van der Waals surface area contributed by atoms with E-state index in [1.807, 2.05) is 36.4 Å². The maximum Gasteiger partial charge on any atom is 0.394 e. The van der Waals surface area contributed by atoms with E-state index in [0.717, 1.165) is 10.8 Å². The lowest BCUT2D eigenvalue weighted by atomic mass is 10.2. The third-order valence-corrected chi connectivity index (χ3v) is 3.22. The number of rotatable bonds is 0. The number of nitrogens with zero attached hydrogens (tertiary/aromatic N) is 2. The Morgan fingerprint density at radius 2 is 0.703 bits per heavy atom. The van der Waals surface area contributed by atoms with E-state index in [2.05, 4.69) is 9.97 Å². The molecule has 0 saturated heterocycles. The predicted molar refractivity (Wildman–Crippen MR) is 129 cm³/mol. The Morgan fingerprint density at radius 1 is 0.459 bits per heavy atom. The molecule has 0 fully saturated rings. The van der Waals surface area contributed by atoms with Gasteiger partial charge in [-0.25, -0.2) is 0 Å². The van der Waals surface area contributed by atoms with Crippen LogP contribution >= 0.6 is 0 Å². The van der Waals surface area contributed by atoms with Gasteiger partial charge in [-0.15, -0.1) is 0 Å². The average molecular weight is 585 g/mol. The minimum Gasteiger partial charge on any atom is -0.506 e. The molecular weight excluding hydrogens is 564 g/mol. The summed E-state index contributed by atoms with van der Waals surface area (Å²) in [6, 6.07) is 18.3. The van der Waals surface area contributed by atoms with Crippen LogP contribution in [-0.2, 0) is 31.2 Å². The number of phenols is 2. The SMILES string of the molecule is O=S(=O)(O)O.O=S(=O)(O)O.O=S(=O)(O)O.Oc1cccc2cccnc12.Oc1cccc2cccnc12. The van der Waals surface area contributed by atoms with Gasteiger partial charge in [0.05, 0.1) is 0 Å². The lowest BCUT2D eigenvalue weighted by molar-refractivity contribution is 0.378. The standard InChI is InChI=1S/2C9H7NO.3H2O4S/c2*11-8-5-1-3-7-4-2-6-10-9(7)8;3*1-5(2,3)4/h2*1-6,11H;3*(H2,1,2,3,4). The molecule has 4 aromatic rings. The van der Waals surface area contributed by atoms with Crippen molar-refractivity contribution in [2.75, 3.05) is 0 Å². The van der Waals surface area contributed by atoms with Crippen LogP contribution < -0.4 is 0 Å². The van der Waals surface area contributed by atoms with Crippen LogP contribution in [0.2, 0.25) is 0 Å². The third kappa shape index (κ3) is 20.4. The second-order valence-corrected chi connectivity index (χ2v) is 8.74. The second kappa shape index (κ2) is 14.9. The minimum atomic E-state index is -4.67. The molecule has 0 aliphatic heterocycles. The number of hydrogen-bond donors (Lipinski definition) is 8. The monoisotopic (exact) mass is 584 g/mol. The highest BCUT2D eigenvalue weighted by Gasteiger charge is 1.97. The highest BCUT2D eigenvalue weighted by molar-refractivity contribution is 7.80. The fourth-order valence-corrected chi connectivity index (χ4v) is 2.18. The van der Waals surface area contributed by atoms with E-state index in [0.29, 0.717) is 11.0 Å². The number of para-hydroxylation sites is 2. The van der Waals surface area contributed by atoms with Crippen LogP contribution in [0.1, 0.15) is 0 Å². The van der Waals surface area contributed by atoms with E-state index in [9.17, 15) is 10.2 Å². The first-order valence-corrected chi connectivity index (χ1v) is 13.1. The van der Waals surface area contributed by atoms with Gasteiger partial charge in [-0.3, -0.25) is 37.3 Å². The summed E-state index contributed by atoms with van der Waals surface area (Å²) in [5.74, 6) is 0.478. The van der Waals surface area contributed by atoms with Crippen LogP contribution in [0, 0.1) is 0 Å². The van der Waals surface area contributed by atoms with Gasteiger partial charge in [-0.1, -0.05) is 36.4 Å². The van der Waals surface area contributed by atoms with Crippen LogP contribution in [0.25, 0.3) is 21.8 Å². The highest BCUT2D eigenvalue weighted by atomic mass is 32.3. The number of hydrogen-bond acceptors (Lipinski definition) is 10. The zero-order chi connectivity index (χ0) is 28.9. The molecule has 0 saturated carbocycles. The van der Waals surface area contributed by atoms with Crippen molar-refractivity contribution >= 4 is 53.0 Å². The minimum absolute atomic E-state index is 0.239. The van der Waals surface area contributed by atoms with Gasteiger partial charge in [0.1, 0.15) is 22.5 Å². The maximum absolute atomic E-state index is 9.31. The Morgan fingerprint density at radius 3 is 0.946 bits per heavy atom. The van der Waals surface area contributed by atoms with E-state index in [1.165, 1.54) is 0 Å². The van der Waals surface area contributed by atoms with Crippen molar-refractivity contribution in [2.45, 2.75) is 0 Å². The van der Waals surface area contributed by atoms with Crippen LogP contribution in [0.5, 0.6) is 11.5 Å². The van der Waals surface area contributed by atoms with Crippen molar-refractivity contribution in [3.8, 4) is 11.5 Å². The van der Waals surface area contributed by atoms with E-state index in [-0.39, 0.29) is 11.5 Å². The summed E-state index contributed by atoms with van der Waals surface area (Å²) in [6.45, 7) is 0. The molecule has 2 aromatic carbocycles. The molecule has 8 N–H and O–H groups in total. The molecule has 204 valence electrons. The Kier molecular flexibility index (Phi) is 13.5. The Bertz CT molecular complexity index is 1430. The van der Waals surface area contributed by atoms with E-state index < -0.39 is 31.2 Å². The first-order chi connectivity index (χ1) is 16.8. The molecule has 0 unspecified atom stereocenters. The van der Waals surface area contributed by atoms with Crippen molar-refractivity contribution in [3.05, 3.63) is 73.1 Å². The van der Waals surface area contributed by atoms with Crippen LogP contribution in [0.3, 0.4) is 0 Å². The van der Waals surface area contributed by atoms with Crippen LogP contribution in [0.4, 0.5) is 0 Å². The predicted octanol–water partition coefficient (Wildman–Crippen LogP) is 1.92. The van der Waals surface area contributed by atoms with Gasteiger partial charge in [0.2, 0.25) is 0 Å².